The fourth-order valence-corrected chi connectivity index (χ4v) is 2.05. The molecular formula is C17H23NO2. The van der Waals surface area contributed by atoms with Gasteiger partial charge in [-0.2, -0.15) is 0 Å². The molecule has 0 amide bonds. The predicted molar refractivity (Wildman–Crippen MR) is 81.0 cm³/mol. The maximum absolute atomic E-state index is 5.98. The molecule has 1 atom stereocenters. The van der Waals surface area contributed by atoms with Gasteiger partial charge in [-0.3, -0.25) is 0 Å². The van der Waals surface area contributed by atoms with Crippen molar-refractivity contribution in [1.82, 2.24) is 0 Å². The lowest BCUT2D eigenvalue weighted by Gasteiger charge is -2.21. The average molecular weight is 273 g/mol. The average Bonchev–Trinajstić information content (AvgIpc) is 2.82. The molecule has 3 nitrogen and oxygen atoms in total. The summed E-state index contributed by atoms with van der Waals surface area (Å²) in [6.45, 7) is 8.84. The third kappa shape index (κ3) is 3.42. The minimum Gasteiger partial charge on any atom is -0.481 e. The number of nitrogens with two attached hydrogens (primary N) is 1. The first-order valence-electron chi connectivity index (χ1n) is 6.94. The predicted octanol–water partition coefficient (Wildman–Crippen LogP) is 3.96. The highest BCUT2D eigenvalue weighted by atomic mass is 16.5. The van der Waals surface area contributed by atoms with E-state index in [1.807, 2.05) is 31.2 Å². The van der Waals surface area contributed by atoms with Crippen LogP contribution in [0, 0.1) is 6.92 Å². The number of hydrogen-bond acceptors (Lipinski definition) is 3. The van der Waals surface area contributed by atoms with Gasteiger partial charge >= 0.3 is 0 Å². The molecule has 20 heavy (non-hydrogen) atoms. The van der Waals surface area contributed by atoms with Crippen molar-refractivity contribution >= 4 is 0 Å². The quantitative estimate of drug-likeness (QED) is 0.917. The minimum atomic E-state index is -0.251. The molecule has 0 spiro atoms. The molecular weight excluding hydrogens is 250 g/mol. The van der Waals surface area contributed by atoms with Crippen LogP contribution in [0.5, 0.6) is 5.75 Å². The molecule has 1 aromatic carbocycles. The van der Waals surface area contributed by atoms with Crippen LogP contribution in [-0.4, -0.2) is 6.54 Å². The summed E-state index contributed by atoms with van der Waals surface area (Å²) in [4.78, 5) is 0. The van der Waals surface area contributed by atoms with E-state index in [-0.39, 0.29) is 11.5 Å². The zero-order chi connectivity index (χ0) is 14.8. The molecule has 1 aromatic heterocycles. The van der Waals surface area contributed by atoms with Gasteiger partial charge in [0.2, 0.25) is 0 Å². The minimum absolute atomic E-state index is 0.0961. The summed E-state index contributed by atoms with van der Waals surface area (Å²) in [7, 11) is 0. The van der Waals surface area contributed by atoms with Crippen molar-refractivity contribution in [3.63, 3.8) is 0 Å². The Labute approximate surface area is 120 Å². The number of benzene rings is 1. The Morgan fingerprint density at radius 1 is 1.20 bits per heavy atom. The van der Waals surface area contributed by atoms with E-state index in [0.29, 0.717) is 6.54 Å². The molecule has 0 aliphatic rings. The smallest absolute Gasteiger partial charge is 0.168 e. The summed E-state index contributed by atoms with van der Waals surface area (Å²) < 4.78 is 11.6. The fourth-order valence-electron chi connectivity index (χ4n) is 2.05. The second-order valence-electron chi connectivity index (χ2n) is 6.07. The summed E-state index contributed by atoms with van der Waals surface area (Å²) in [5.74, 6) is 2.46. The van der Waals surface area contributed by atoms with Crippen LogP contribution in [0.2, 0.25) is 0 Å². The lowest BCUT2D eigenvalue weighted by Crippen LogP contribution is -2.18. The van der Waals surface area contributed by atoms with Crippen LogP contribution < -0.4 is 10.5 Å². The van der Waals surface area contributed by atoms with Gasteiger partial charge in [-0.05, 0) is 42.2 Å². The third-order valence-corrected chi connectivity index (χ3v) is 3.27. The summed E-state index contributed by atoms with van der Waals surface area (Å²) >= 11 is 0. The van der Waals surface area contributed by atoms with Gasteiger partial charge < -0.3 is 14.9 Å². The van der Waals surface area contributed by atoms with Gasteiger partial charge in [-0.1, -0.05) is 32.9 Å². The highest BCUT2D eigenvalue weighted by Gasteiger charge is 2.18. The fraction of sp³-hybridized carbons (Fsp3) is 0.412. The van der Waals surface area contributed by atoms with E-state index in [0.717, 1.165) is 17.3 Å². The highest BCUT2D eigenvalue weighted by Crippen LogP contribution is 2.28. The van der Waals surface area contributed by atoms with Crippen LogP contribution in [0.25, 0.3) is 0 Å². The van der Waals surface area contributed by atoms with Gasteiger partial charge in [0.1, 0.15) is 17.3 Å². The van der Waals surface area contributed by atoms with E-state index in [1.54, 1.807) is 0 Å². The molecule has 0 fully saturated rings. The van der Waals surface area contributed by atoms with E-state index < -0.39 is 0 Å². The molecule has 0 bridgehead atoms. The molecule has 1 heterocycles. The number of furan rings is 1. The van der Waals surface area contributed by atoms with E-state index in [2.05, 4.69) is 32.9 Å². The zero-order valence-electron chi connectivity index (χ0n) is 12.6. The molecule has 3 heteroatoms. The zero-order valence-corrected chi connectivity index (χ0v) is 12.6. The maximum Gasteiger partial charge on any atom is 0.168 e. The number of hydrogen-bond donors (Lipinski definition) is 1. The molecule has 0 saturated heterocycles. The summed E-state index contributed by atoms with van der Waals surface area (Å²) in [6, 6.07) is 12.0. The molecule has 0 aliphatic heterocycles. The largest absolute Gasteiger partial charge is 0.481 e. The highest BCUT2D eigenvalue weighted by molar-refractivity contribution is 5.33. The second-order valence-corrected chi connectivity index (χ2v) is 6.07. The van der Waals surface area contributed by atoms with Crippen molar-refractivity contribution in [1.29, 1.82) is 0 Å². The standard InChI is InChI=1S/C17H23NO2/c1-12-8-9-15(19-12)16(11-18)20-14-7-5-6-13(10-14)17(2,3)4/h5-10,16H,11,18H2,1-4H3. The monoisotopic (exact) mass is 273 g/mol. The molecule has 2 N–H and O–H groups in total. The van der Waals surface area contributed by atoms with Crippen molar-refractivity contribution < 1.29 is 9.15 Å². The Morgan fingerprint density at radius 2 is 1.95 bits per heavy atom. The van der Waals surface area contributed by atoms with Crippen LogP contribution in [0.4, 0.5) is 0 Å². The normalized spacial score (nSPS) is 13.2. The Bertz CT molecular complexity index is 566. The summed E-state index contributed by atoms with van der Waals surface area (Å²) in [5, 5.41) is 0. The Balaban J connectivity index is 2.20. The Kier molecular flexibility index (Phi) is 4.19. The topological polar surface area (TPSA) is 48.4 Å². The van der Waals surface area contributed by atoms with Crippen molar-refractivity contribution in [3.8, 4) is 5.75 Å². The molecule has 0 radical (unpaired) electrons. The molecule has 108 valence electrons. The number of ether oxygens (including phenoxy) is 1. The first kappa shape index (κ1) is 14.7. The molecule has 1 unspecified atom stereocenters. The molecule has 0 aliphatic carbocycles. The van der Waals surface area contributed by atoms with Crippen molar-refractivity contribution in [3.05, 3.63) is 53.5 Å². The van der Waals surface area contributed by atoms with Crippen LogP contribution >= 0.6 is 0 Å². The van der Waals surface area contributed by atoms with Gasteiger partial charge in [-0.25, -0.2) is 0 Å². The van der Waals surface area contributed by atoms with E-state index in [1.165, 1.54) is 5.56 Å². The van der Waals surface area contributed by atoms with Crippen molar-refractivity contribution in [2.45, 2.75) is 39.2 Å². The Hall–Kier alpha value is -1.74. The summed E-state index contributed by atoms with van der Waals surface area (Å²) in [5.41, 5.74) is 7.13. The number of aryl methyl sites for hydroxylation is 1. The van der Waals surface area contributed by atoms with E-state index >= 15 is 0 Å². The number of rotatable bonds is 4. The van der Waals surface area contributed by atoms with Gasteiger partial charge in [0.15, 0.2) is 6.10 Å². The lowest BCUT2D eigenvalue weighted by atomic mass is 9.87. The van der Waals surface area contributed by atoms with Gasteiger partial charge in [0, 0.05) is 6.54 Å². The van der Waals surface area contributed by atoms with E-state index in [4.69, 9.17) is 14.9 Å². The summed E-state index contributed by atoms with van der Waals surface area (Å²) in [6.07, 6.45) is -0.251. The van der Waals surface area contributed by atoms with Crippen LogP contribution in [0.15, 0.2) is 40.8 Å². The van der Waals surface area contributed by atoms with Crippen molar-refractivity contribution in [2.75, 3.05) is 6.54 Å². The maximum atomic E-state index is 5.98. The van der Waals surface area contributed by atoms with Gasteiger partial charge in [0.05, 0.1) is 0 Å². The second kappa shape index (κ2) is 5.71. The van der Waals surface area contributed by atoms with E-state index in [9.17, 15) is 0 Å². The van der Waals surface area contributed by atoms with Crippen LogP contribution in [0.1, 0.15) is 44.0 Å². The Morgan fingerprint density at radius 3 is 2.50 bits per heavy atom. The molecule has 2 aromatic rings. The first-order valence-corrected chi connectivity index (χ1v) is 6.94. The van der Waals surface area contributed by atoms with Gasteiger partial charge in [-0.15, -0.1) is 0 Å². The molecule has 2 rings (SSSR count). The van der Waals surface area contributed by atoms with Crippen LogP contribution in [0.3, 0.4) is 0 Å². The van der Waals surface area contributed by atoms with Crippen molar-refractivity contribution in [2.24, 2.45) is 5.73 Å². The third-order valence-electron chi connectivity index (χ3n) is 3.27. The lowest BCUT2D eigenvalue weighted by molar-refractivity contribution is 0.182. The SMILES string of the molecule is Cc1ccc(C(CN)Oc2cccc(C(C)(C)C)c2)o1. The first-order chi connectivity index (χ1) is 9.40. The van der Waals surface area contributed by atoms with Gasteiger partial charge in [0.25, 0.3) is 0 Å². The van der Waals surface area contributed by atoms with Crippen LogP contribution in [-0.2, 0) is 5.41 Å². The molecule has 0 saturated carbocycles.